The second-order valence-corrected chi connectivity index (χ2v) is 10.2. The fourth-order valence-electron chi connectivity index (χ4n) is 4.14. The Hall–Kier alpha value is -3.30. The van der Waals surface area contributed by atoms with Crippen molar-refractivity contribution >= 4 is 29.2 Å². The highest BCUT2D eigenvalue weighted by Gasteiger charge is 2.20. The SMILES string of the molecule is COCc1cc(N2CCN(c3ccc(OC)cc3)CC2)nc(SCc2ccc(C(=O)NC(C)C)cc2)n1. The van der Waals surface area contributed by atoms with Gasteiger partial charge in [0.15, 0.2) is 5.16 Å². The number of methoxy groups -OCH3 is 2. The van der Waals surface area contributed by atoms with Crippen LogP contribution in [0.5, 0.6) is 5.75 Å². The summed E-state index contributed by atoms with van der Waals surface area (Å²) in [5, 5.41) is 3.65. The molecule has 8 nitrogen and oxygen atoms in total. The van der Waals surface area contributed by atoms with Gasteiger partial charge < -0.3 is 24.6 Å². The molecule has 1 aliphatic rings. The van der Waals surface area contributed by atoms with Gasteiger partial charge in [-0.2, -0.15) is 0 Å². The molecule has 3 aromatic rings. The molecule has 9 heteroatoms. The van der Waals surface area contributed by atoms with Gasteiger partial charge in [-0.1, -0.05) is 23.9 Å². The predicted molar refractivity (Wildman–Crippen MR) is 149 cm³/mol. The highest BCUT2D eigenvalue weighted by atomic mass is 32.2. The van der Waals surface area contributed by atoms with Gasteiger partial charge in [0.2, 0.25) is 0 Å². The largest absolute Gasteiger partial charge is 0.497 e. The highest BCUT2D eigenvalue weighted by molar-refractivity contribution is 7.98. The molecule has 1 aromatic heterocycles. The molecule has 0 bridgehead atoms. The number of benzene rings is 2. The van der Waals surface area contributed by atoms with Gasteiger partial charge in [0, 0.05) is 62.4 Å². The van der Waals surface area contributed by atoms with Crippen LogP contribution in [0.25, 0.3) is 0 Å². The summed E-state index contributed by atoms with van der Waals surface area (Å²) < 4.78 is 10.6. The molecule has 0 aliphatic carbocycles. The number of carbonyl (C=O) groups excluding carboxylic acids is 1. The van der Waals surface area contributed by atoms with E-state index in [1.807, 2.05) is 56.3 Å². The number of piperazine rings is 1. The molecule has 1 N–H and O–H groups in total. The maximum Gasteiger partial charge on any atom is 0.251 e. The fraction of sp³-hybridized carbons (Fsp3) is 0.393. The Morgan fingerprint density at radius 1 is 0.973 bits per heavy atom. The molecule has 196 valence electrons. The first kappa shape index (κ1) is 26.8. The van der Waals surface area contributed by atoms with Crippen LogP contribution in [0.1, 0.15) is 35.5 Å². The zero-order valence-electron chi connectivity index (χ0n) is 21.9. The van der Waals surface area contributed by atoms with Gasteiger partial charge in [-0.25, -0.2) is 9.97 Å². The molecular formula is C28H35N5O3S. The highest BCUT2D eigenvalue weighted by Crippen LogP contribution is 2.26. The van der Waals surface area contributed by atoms with Gasteiger partial charge in [-0.15, -0.1) is 0 Å². The van der Waals surface area contributed by atoms with E-state index in [4.69, 9.17) is 19.4 Å². The third-order valence-corrected chi connectivity index (χ3v) is 7.00. The monoisotopic (exact) mass is 521 g/mol. The van der Waals surface area contributed by atoms with E-state index in [2.05, 4.69) is 27.2 Å². The smallest absolute Gasteiger partial charge is 0.251 e. The van der Waals surface area contributed by atoms with Crippen LogP contribution in [0.4, 0.5) is 11.5 Å². The average Bonchev–Trinajstić information content (AvgIpc) is 2.92. The summed E-state index contributed by atoms with van der Waals surface area (Å²) in [6.45, 7) is 7.92. The summed E-state index contributed by atoms with van der Waals surface area (Å²) in [5.74, 6) is 2.46. The second-order valence-electron chi connectivity index (χ2n) is 9.22. The summed E-state index contributed by atoms with van der Waals surface area (Å²) in [5.41, 5.74) is 3.85. The minimum Gasteiger partial charge on any atom is -0.497 e. The van der Waals surface area contributed by atoms with Crippen molar-refractivity contribution in [2.75, 3.05) is 50.2 Å². The van der Waals surface area contributed by atoms with Crippen LogP contribution < -0.4 is 19.9 Å². The molecule has 4 rings (SSSR count). The van der Waals surface area contributed by atoms with Crippen LogP contribution in [0.15, 0.2) is 59.8 Å². The van der Waals surface area contributed by atoms with Gasteiger partial charge in [0.05, 0.1) is 19.4 Å². The number of nitrogens with zero attached hydrogens (tertiary/aromatic N) is 4. The Bertz CT molecular complexity index is 1160. The first-order chi connectivity index (χ1) is 17.9. The van der Waals surface area contributed by atoms with Crippen LogP contribution in [0.2, 0.25) is 0 Å². The van der Waals surface area contributed by atoms with Crippen molar-refractivity contribution in [3.63, 3.8) is 0 Å². The lowest BCUT2D eigenvalue weighted by molar-refractivity contribution is 0.0943. The molecule has 1 saturated heterocycles. The number of carbonyl (C=O) groups is 1. The van der Waals surface area contributed by atoms with Crippen LogP contribution >= 0.6 is 11.8 Å². The molecule has 0 saturated carbocycles. The van der Waals surface area contributed by atoms with Crippen molar-refractivity contribution in [1.82, 2.24) is 15.3 Å². The maximum atomic E-state index is 12.2. The number of rotatable bonds is 10. The molecule has 1 fully saturated rings. The van der Waals surface area contributed by atoms with E-state index in [0.29, 0.717) is 17.9 Å². The quantitative estimate of drug-likeness (QED) is 0.311. The summed E-state index contributed by atoms with van der Waals surface area (Å²) in [6, 6.07) is 18.1. The lowest BCUT2D eigenvalue weighted by Gasteiger charge is -2.37. The first-order valence-corrected chi connectivity index (χ1v) is 13.5. The molecule has 0 atom stereocenters. The Morgan fingerprint density at radius 2 is 1.65 bits per heavy atom. The molecule has 2 heterocycles. The number of nitrogens with one attached hydrogen (secondary N) is 1. The normalized spacial score (nSPS) is 13.6. The molecule has 0 radical (unpaired) electrons. The standard InChI is InChI=1S/C28H35N5O3S/c1-20(2)29-27(34)22-7-5-21(6-8-22)19-37-28-30-23(18-35-3)17-26(31-28)33-15-13-32(14-16-33)24-9-11-25(36-4)12-10-24/h5-12,17,20H,13-16,18-19H2,1-4H3,(H,29,34). The van der Waals surface area contributed by atoms with Gasteiger partial charge >= 0.3 is 0 Å². The summed E-state index contributed by atoms with van der Waals surface area (Å²) >= 11 is 1.59. The minimum absolute atomic E-state index is 0.0541. The molecular weight excluding hydrogens is 486 g/mol. The van der Waals surface area contributed by atoms with Crippen LogP contribution in [0, 0.1) is 0 Å². The van der Waals surface area contributed by atoms with Crippen molar-refractivity contribution in [3.05, 3.63) is 71.4 Å². The minimum atomic E-state index is -0.0541. The maximum absolute atomic E-state index is 12.2. The molecule has 37 heavy (non-hydrogen) atoms. The van der Waals surface area contributed by atoms with Crippen LogP contribution in [-0.4, -0.2) is 62.3 Å². The van der Waals surface area contributed by atoms with Gasteiger partial charge in [0.25, 0.3) is 5.91 Å². The Kier molecular flexibility index (Phi) is 9.24. The van der Waals surface area contributed by atoms with Crippen molar-refractivity contribution < 1.29 is 14.3 Å². The zero-order chi connectivity index (χ0) is 26.2. The summed E-state index contributed by atoms with van der Waals surface area (Å²) in [7, 11) is 3.36. The van der Waals surface area contributed by atoms with Gasteiger partial charge in [-0.3, -0.25) is 4.79 Å². The van der Waals surface area contributed by atoms with Crippen molar-refractivity contribution in [2.24, 2.45) is 0 Å². The topological polar surface area (TPSA) is 79.8 Å². The Balaban J connectivity index is 1.39. The molecule has 2 aromatic carbocycles. The summed E-state index contributed by atoms with van der Waals surface area (Å²) in [6.07, 6.45) is 0. The van der Waals surface area contributed by atoms with Crippen molar-refractivity contribution in [3.8, 4) is 5.75 Å². The number of hydrogen-bond acceptors (Lipinski definition) is 8. The van der Waals surface area contributed by atoms with Crippen molar-refractivity contribution in [1.29, 1.82) is 0 Å². The van der Waals surface area contributed by atoms with Crippen LogP contribution in [-0.2, 0) is 17.1 Å². The third kappa shape index (κ3) is 7.36. The van der Waals surface area contributed by atoms with E-state index in [0.717, 1.165) is 54.2 Å². The molecule has 1 aliphatic heterocycles. The number of thioether (sulfide) groups is 1. The van der Waals surface area contributed by atoms with E-state index in [1.54, 1.807) is 26.0 Å². The number of aromatic nitrogens is 2. The fourth-order valence-corrected chi connectivity index (χ4v) is 4.97. The van der Waals surface area contributed by atoms with Crippen LogP contribution in [0.3, 0.4) is 0 Å². The lowest BCUT2D eigenvalue weighted by atomic mass is 10.1. The number of anilines is 2. The lowest BCUT2D eigenvalue weighted by Crippen LogP contribution is -2.46. The first-order valence-electron chi connectivity index (χ1n) is 12.5. The summed E-state index contributed by atoms with van der Waals surface area (Å²) in [4.78, 5) is 26.5. The third-order valence-electron chi connectivity index (χ3n) is 6.08. The number of ether oxygens (including phenoxy) is 2. The predicted octanol–water partition coefficient (Wildman–Crippen LogP) is 4.39. The van der Waals surface area contributed by atoms with E-state index >= 15 is 0 Å². The van der Waals surface area contributed by atoms with Crippen molar-refractivity contribution in [2.45, 2.75) is 37.4 Å². The number of amides is 1. The average molecular weight is 522 g/mol. The van der Waals surface area contributed by atoms with Gasteiger partial charge in [-0.05, 0) is 55.8 Å². The molecule has 0 spiro atoms. The van der Waals surface area contributed by atoms with E-state index in [9.17, 15) is 4.79 Å². The van der Waals surface area contributed by atoms with E-state index in [1.165, 1.54) is 5.69 Å². The second kappa shape index (κ2) is 12.8. The number of hydrogen-bond donors (Lipinski definition) is 1. The Labute approximate surface area is 223 Å². The van der Waals surface area contributed by atoms with E-state index in [-0.39, 0.29) is 11.9 Å². The molecule has 1 amide bonds. The Morgan fingerprint density at radius 3 is 2.27 bits per heavy atom. The molecule has 0 unspecified atom stereocenters. The zero-order valence-corrected chi connectivity index (χ0v) is 22.8. The van der Waals surface area contributed by atoms with Gasteiger partial charge in [0.1, 0.15) is 11.6 Å². The van der Waals surface area contributed by atoms with E-state index < -0.39 is 0 Å².